The van der Waals surface area contributed by atoms with E-state index in [4.69, 9.17) is 14.2 Å². The lowest BCUT2D eigenvalue weighted by atomic mass is 10.1. The Balaban J connectivity index is 1.30. The van der Waals surface area contributed by atoms with Crippen LogP contribution in [0.15, 0.2) is 72.1 Å². The number of aromatic nitrogens is 1. The normalized spacial score (nSPS) is 11.9. The van der Waals surface area contributed by atoms with E-state index in [1.807, 2.05) is 23.6 Å². The third-order valence-electron chi connectivity index (χ3n) is 4.80. The molecular weight excluding hydrogens is 431 g/mol. The molecule has 6 nitrogen and oxygen atoms in total. The highest BCUT2D eigenvalue weighted by Gasteiger charge is 2.16. The van der Waals surface area contributed by atoms with Crippen LogP contribution in [0.3, 0.4) is 0 Å². The molecule has 1 aromatic heterocycles. The average molecular weight is 448 g/mol. The Kier molecular flexibility index (Phi) is 5.43. The van der Waals surface area contributed by atoms with E-state index in [0.29, 0.717) is 39.2 Å². The minimum atomic E-state index is -0.323. The number of ether oxygens (including phenoxy) is 3. The number of rotatable bonds is 6. The number of carbonyl (C=O) groups is 1. The lowest BCUT2D eigenvalue weighted by molar-refractivity contribution is -0.118. The van der Waals surface area contributed by atoms with Crippen molar-refractivity contribution in [3.63, 3.8) is 0 Å². The second kappa shape index (κ2) is 8.68. The summed E-state index contributed by atoms with van der Waals surface area (Å²) < 4.78 is 30.3. The summed E-state index contributed by atoms with van der Waals surface area (Å²) in [6, 6.07) is 19.0. The van der Waals surface area contributed by atoms with Crippen molar-refractivity contribution < 1.29 is 23.4 Å². The Morgan fingerprint density at radius 3 is 2.69 bits per heavy atom. The van der Waals surface area contributed by atoms with Gasteiger partial charge < -0.3 is 19.5 Å². The molecule has 1 amide bonds. The third-order valence-corrected chi connectivity index (χ3v) is 5.68. The zero-order chi connectivity index (χ0) is 21.9. The maximum Gasteiger partial charge on any atom is 0.262 e. The highest BCUT2D eigenvalue weighted by atomic mass is 32.1. The highest BCUT2D eigenvalue weighted by Crippen LogP contribution is 2.35. The van der Waals surface area contributed by atoms with Crippen LogP contribution in [0.2, 0.25) is 0 Å². The van der Waals surface area contributed by atoms with Gasteiger partial charge in [-0.25, -0.2) is 9.37 Å². The first-order chi connectivity index (χ1) is 15.7. The topological polar surface area (TPSA) is 69.7 Å². The van der Waals surface area contributed by atoms with Gasteiger partial charge in [0, 0.05) is 22.6 Å². The van der Waals surface area contributed by atoms with Crippen molar-refractivity contribution in [1.29, 1.82) is 0 Å². The Morgan fingerprint density at radius 2 is 1.81 bits per heavy atom. The molecule has 0 fully saturated rings. The summed E-state index contributed by atoms with van der Waals surface area (Å²) in [7, 11) is 0. The van der Waals surface area contributed by atoms with Gasteiger partial charge in [0.25, 0.3) is 5.91 Å². The van der Waals surface area contributed by atoms with E-state index in [1.54, 1.807) is 42.5 Å². The van der Waals surface area contributed by atoms with Crippen LogP contribution < -0.4 is 19.5 Å². The maximum absolute atomic E-state index is 14.1. The number of benzene rings is 3. The quantitative estimate of drug-likeness (QED) is 0.430. The van der Waals surface area contributed by atoms with Gasteiger partial charge in [-0.1, -0.05) is 30.3 Å². The highest BCUT2D eigenvalue weighted by molar-refractivity contribution is 7.13. The molecule has 1 aliphatic rings. The van der Waals surface area contributed by atoms with Crippen molar-refractivity contribution in [3.05, 3.63) is 77.9 Å². The number of amides is 1. The van der Waals surface area contributed by atoms with Gasteiger partial charge in [-0.3, -0.25) is 4.79 Å². The summed E-state index contributed by atoms with van der Waals surface area (Å²) in [5.41, 5.74) is 2.43. The van der Waals surface area contributed by atoms with Gasteiger partial charge in [-0.2, -0.15) is 0 Å². The fourth-order valence-corrected chi connectivity index (χ4v) is 4.12. The molecular formula is C24H17FN2O4S. The summed E-state index contributed by atoms with van der Waals surface area (Å²) in [5.74, 6) is 1.10. The molecule has 2 heterocycles. The first-order valence-electron chi connectivity index (χ1n) is 9.79. The van der Waals surface area contributed by atoms with E-state index in [2.05, 4.69) is 10.3 Å². The van der Waals surface area contributed by atoms with Crippen molar-refractivity contribution in [2.75, 3.05) is 18.7 Å². The predicted molar refractivity (Wildman–Crippen MR) is 120 cm³/mol. The summed E-state index contributed by atoms with van der Waals surface area (Å²) >= 11 is 1.35. The molecule has 0 spiro atoms. The summed E-state index contributed by atoms with van der Waals surface area (Å²) in [6.45, 7) is -0.00315. The Hall–Kier alpha value is -3.91. The minimum Gasteiger partial charge on any atom is -0.484 e. The summed E-state index contributed by atoms with van der Waals surface area (Å²) in [6.07, 6.45) is 0. The standard InChI is InChI=1S/C24H17FN2O4S/c25-18-7-3-1-5-16(18)24-27-20(13-32-24)17-6-2-4-8-19(17)26-23(28)12-29-15-9-10-21-22(11-15)31-14-30-21/h1-11,13H,12,14H2,(H,26,28). The van der Waals surface area contributed by atoms with Crippen LogP contribution in [0.25, 0.3) is 21.8 Å². The number of fused-ring (bicyclic) bond motifs is 1. The number of anilines is 1. The molecule has 0 aliphatic carbocycles. The Bertz CT molecular complexity index is 1290. The van der Waals surface area contributed by atoms with Gasteiger partial charge in [0.1, 0.15) is 16.6 Å². The molecule has 0 bridgehead atoms. The summed E-state index contributed by atoms with van der Waals surface area (Å²) in [5, 5.41) is 5.28. The van der Waals surface area contributed by atoms with E-state index in [1.165, 1.54) is 17.4 Å². The Morgan fingerprint density at radius 1 is 1.03 bits per heavy atom. The second-order valence-corrected chi connectivity index (χ2v) is 7.77. The van der Waals surface area contributed by atoms with Gasteiger partial charge in [0.15, 0.2) is 18.1 Å². The van der Waals surface area contributed by atoms with Crippen LogP contribution in [0.1, 0.15) is 0 Å². The number of nitrogens with one attached hydrogen (secondary N) is 1. The average Bonchev–Trinajstić information content (AvgIpc) is 3.48. The number of nitrogens with zero attached hydrogens (tertiary/aromatic N) is 1. The molecule has 0 saturated heterocycles. The number of carbonyl (C=O) groups excluding carboxylic acids is 1. The molecule has 32 heavy (non-hydrogen) atoms. The smallest absolute Gasteiger partial charge is 0.262 e. The molecule has 0 unspecified atom stereocenters. The molecule has 0 saturated carbocycles. The molecule has 1 N–H and O–H groups in total. The SMILES string of the molecule is O=C(COc1ccc2c(c1)OCO2)Nc1ccccc1-c1csc(-c2ccccc2F)n1. The lowest BCUT2D eigenvalue weighted by Gasteiger charge is -2.11. The van der Waals surface area contributed by atoms with Gasteiger partial charge in [0.05, 0.1) is 11.4 Å². The van der Waals surface area contributed by atoms with Crippen molar-refractivity contribution >= 4 is 22.9 Å². The zero-order valence-corrected chi connectivity index (χ0v) is 17.5. The van der Waals surface area contributed by atoms with Crippen molar-refractivity contribution in [3.8, 4) is 39.1 Å². The molecule has 3 aromatic carbocycles. The van der Waals surface area contributed by atoms with E-state index in [0.717, 1.165) is 5.56 Å². The molecule has 5 rings (SSSR count). The van der Waals surface area contributed by atoms with E-state index >= 15 is 0 Å². The fraction of sp³-hybridized carbons (Fsp3) is 0.0833. The zero-order valence-electron chi connectivity index (χ0n) is 16.7. The Labute approximate surface area is 187 Å². The van der Waals surface area contributed by atoms with Gasteiger partial charge in [0.2, 0.25) is 6.79 Å². The first-order valence-corrected chi connectivity index (χ1v) is 10.7. The van der Waals surface area contributed by atoms with Crippen molar-refractivity contribution in [2.45, 2.75) is 0 Å². The first kappa shape index (κ1) is 20.0. The van der Waals surface area contributed by atoms with E-state index in [-0.39, 0.29) is 25.1 Å². The molecule has 1 aliphatic heterocycles. The monoisotopic (exact) mass is 448 g/mol. The number of hydrogen-bond donors (Lipinski definition) is 1. The number of para-hydroxylation sites is 1. The number of thiazole rings is 1. The molecule has 8 heteroatoms. The number of hydrogen-bond acceptors (Lipinski definition) is 6. The number of halogens is 1. The van der Waals surface area contributed by atoms with Crippen LogP contribution >= 0.6 is 11.3 Å². The molecule has 160 valence electrons. The van der Waals surface area contributed by atoms with Crippen LogP contribution in [0.4, 0.5) is 10.1 Å². The largest absolute Gasteiger partial charge is 0.484 e. The van der Waals surface area contributed by atoms with Crippen molar-refractivity contribution in [1.82, 2.24) is 4.98 Å². The van der Waals surface area contributed by atoms with Gasteiger partial charge in [-0.15, -0.1) is 11.3 Å². The lowest BCUT2D eigenvalue weighted by Crippen LogP contribution is -2.20. The van der Waals surface area contributed by atoms with Crippen molar-refractivity contribution in [2.24, 2.45) is 0 Å². The second-order valence-electron chi connectivity index (χ2n) is 6.92. The van der Waals surface area contributed by atoms with Gasteiger partial charge >= 0.3 is 0 Å². The summed E-state index contributed by atoms with van der Waals surface area (Å²) in [4.78, 5) is 17.1. The van der Waals surface area contributed by atoms with Crippen LogP contribution in [0, 0.1) is 5.82 Å². The molecule has 0 radical (unpaired) electrons. The predicted octanol–water partition coefficient (Wildman–Crippen LogP) is 5.36. The van der Waals surface area contributed by atoms with Crippen LogP contribution in [0.5, 0.6) is 17.2 Å². The maximum atomic E-state index is 14.1. The van der Waals surface area contributed by atoms with Crippen LogP contribution in [-0.4, -0.2) is 24.3 Å². The third kappa shape index (κ3) is 4.13. The minimum absolute atomic E-state index is 0.172. The molecule has 0 atom stereocenters. The van der Waals surface area contributed by atoms with E-state index < -0.39 is 0 Å². The van der Waals surface area contributed by atoms with Gasteiger partial charge in [-0.05, 0) is 30.3 Å². The molecule has 4 aromatic rings. The van der Waals surface area contributed by atoms with E-state index in [9.17, 15) is 9.18 Å². The van der Waals surface area contributed by atoms with Crippen LogP contribution in [-0.2, 0) is 4.79 Å². The fourth-order valence-electron chi connectivity index (χ4n) is 3.27.